The average molecular weight is 561 g/mol. The van der Waals surface area contributed by atoms with Crippen molar-refractivity contribution in [3.8, 4) is 0 Å². The van der Waals surface area contributed by atoms with Crippen LogP contribution in [0.1, 0.15) is 18.4 Å². The van der Waals surface area contributed by atoms with Crippen molar-refractivity contribution >= 4 is 44.0 Å². The number of halogens is 1. The van der Waals surface area contributed by atoms with Crippen molar-refractivity contribution in [2.24, 2.45) is 11.8 Å². The van der Waals surface area contributed by atoms with Gasteiger partial charge >= 0.3 is 0 Å². The molecule has 1 atom stereocenters. The van der Waals surface area contributed by atoms with E-state index in [-0.39, 0.29) is 16.6 Å². The van der Waals surface area contributed by atoms with Crippen LogP contribution >= 0.6 is 22.6 Å². The number of amides is 1. The zero-order valence-electron chi connectivity index (χ0n) is 17.3. The molecule has 0 spiro atoms. The molecule has 3 aliphatic rings. The number of rotatable bonds is 5. The number of carbonyl (C=O) groups is 1. The van der Waals surface area contributed by atoms with Crippen LogP contribution in [-0.2, 0) is 24.1 Å². The Balaban J connectivity index is 1.73. The van der Waals surface area contributed by atoms with Gasteiger partial charge in [-0.05, 0) is 30.4 Å². The molecule has 3 aliphatic heterocycles. The van der Waals surface area contributed by atoms with Crippen molar-refractivity contribution < 1.29 is 22.7 Å². The van der Waals surface area contributed by atoms with E-state index in [4.69, 9.17) is 15.3 Å². The van der Waals surface area contributed by atoms with Gasteiger partial charge in [0, 0.05) is 38.4 Å². The van der Waals surface area contributed by atoms with E-state index in [0.29, 0.717) is 68.8 Å². The van der Waals surface area contributed by atoms with Gasteiger partial charge in [-0.1, -0.05) is 40.8 Å². The SMILES string of the molecule is NN(CC1CCOCC1)C1=C(C(I)C(=O)N2CCOCC2)CS(=O)(=O)c2ccccc21. The number of nitrogens with zero attached hydrogens (tertiary/aromatic N) is 2. The van der Waals surface area contributed by atoms with Gasteiger partial charge in [-0.2, -0.15) is 0 Å². The lowest BCUT2D eigenvalue weighted by Gasteiger charge is -2.36. The molecule has 2 saturated heterocycles. The van der Waals surface area contributed by atoms with Crippen molar-refractivity contribution in [2.75, 3.05) is 51.8 Å². The molecule has 8 nitrogen and oxygen atoms in total. The second-order valence-electron chi connectivity index (χ2n) is 8.14. The number of nitrogens with two attached hydrogens (primary N) is 1. The number of morpholine rings is 1. The first kappa shape index (κ1) is 23.0. The number of hydrogen-bond donors (Lipinski definition) is 1. The molecular formula is C21H28IN3O5S. The first-order chi connectivity index (χ1) is 14.9. The maximum Gasteiger partial charge on any atom is 0.239 e. The van der Waals surface area contributed by atoms with Crippen LogP contribution in [0, 0.1) is 5.92 Å². The topological polar surface area (TPSA) is 102 Å². The highest BCUT2D eigenvalue weighted by Crippen LogP contribution is 2.38. The van der Waals surface area contributed by atoms with E-state index < -0.39 is 13.8 Å². The molecule has 10 heteroatoms. The van der Waals surface area contributed by atoms with Crippen molar-refractivity contribution in [1.29, 1.82) is 0 Å². The van der Waals surface area contributed by atoms with Gasteiger partial charge in [-0.25, -0.2) is 14.3 Å². The predicted molar refractivity (Wildman–Crippen MR) is 125 cm³/mol. The monoisotopic (exact) mass is 561 g/mol. The minimum absolute atomic E-state index is 0.0922. The standard InChI is InChI=1S/C21H28IN3O5S/c22-19(21(26)24-7-11-30-12-8-24)17-14-31(27,28)18-4-2-1-3-16(18)20(17)25(23)13-15-5-9-29-10-6-15/h1-4,15,19H,5-14,23H2. The summed E-state index contributed by atoms with van der Waals surface area (Å²) in [6.45, 7) is 4.02. The van der Waals surface area contributed by atoms with Gasteiger partial charge in [0.1, 0.15) is 3.92 Å². The van der Waals surface area contributed by atoms with E-state index in [0.717, 1.165) is 12.8 Å². The average Bonchev–Trinajstić information content (AvgIpc) is 2.79. The van der Waals surface area contributed by atoms with Gasteiger partial charge in [0.25, 0.3) is 0 Å². The fraction of sp³-hybridized carbons (Fsp3) is 0.571. The molecule has 0 radical (unpaired) electrons. The van der Waals surface area contributed by atoms with E-state index in [1.807, 2.05) is 6.07 Å². The Bertz CT molecular complexity index is 956. The number of benzene rings is 1. The first-order valence-electron chi connectivity index (χ1n) is 10.5. The molecule has 3 heterocycles. The maximum absolute atomic E-state index is 13.2. The second kappa shape index (κ2) is 9.74. The molecule has 2 fully saturated rings. The van der Waals surface area contributed by atoms with Gasteiger partial charge in [-0.3, -0.25) is 4.79 Å². The molecule has 0 bridgehead atoms. The van der Waals surface area contributed by atoms with E-state index >= 15 is 0 Å². The molecule has 2 N–H and O–H groups in total. The number of hydrazine groups is 1. The Morgan fingerprint density at radius 2 is 1.81 bits per heavy atom. The Morgan fingerprint density at radius 1 is 1.16 bits per heavy atom. The summed E-state index contributed by atoms with van der Waals surface area (Å²) in [5, 5.41) is 1.66. The highest BCUT2D eigenvalue weighted by Gasteiger charge is 2.38. The summed E-state index contributed by atoms with van der Waals surface area (Å²) in [6.07, 6.45) is 1.83. The Labute approximate surface area is 196 Å². The number of carbonyl (C=O) groups excluding carboxylic acids is 1. The summed E-state index contributed by atoms with van der Waals surface area (Å²) in [6, 6.07) is 6.94. The molecule has 4 rings (SSSR count). The first-order valence-corrected chi connectivity index (χ1v) is 13.4. The van der Waals surface area contributed by atoms with E-state index in [1.165, 1.54) is 0 Å². The molecular weight excluding hydrogens is 533 g/mol. The molecule has 31 heavy (non-hydrogen) atoms. The zero-order chi connectivity index (χ0) is 22.0. The summed E-state index contributed by atoms with van der Waals surface area (Å²) < 4.78 is 36.4. The number of sulfone groups is 1. The minimum atomic E-state index is -3.56. The Hall–Kier alpha value is -1.21. The fourth-order valence-electron chi connectivity index (χ4n) is 4.38. The second-order valence-corrected chi connectivity index (χ2v) is 11.3. The van der Waals surface area contributed by atoms with Gasteiger partial charge in [-0.15, -0.1) is 0 Å². The lowest BCUT2D eigenvalue weighted by molar-refractivity contribution is -0.133. The summed E-state index contributed by atoms with van der Waals surface area (Å²) in [5.74, 6) is 6.65. The van der Waals surface area contributed by atoms with E-state index in [1.54, 1.807) is 28.1 Å². The van der Waals surface area contributed by atoms with Gasteiger partial charge < -0.3 is 19.4 Å². The van der Waals surface area contributed by atoms with Crippen LogP contribution in [0.15, 0.2) is 34.7 Å². The summed E-state index contributed by atoms with van der Waals surface area (Å²) >= 11 is 2.07. The van der Waals surface area contributed by atoms with Crippen LogP contribution in [0.5, 0.6) is 0 Å². The zero-order valence-corrected chi connectivity index (χ0v) is 20.3. The number of ether oxygens (including phenoxy) is 2. The van der Waals surface area contributed by atoms with Crippen LogP contribution in [-0.4, -0.2) is 80.0 Å². The molecule has 0 aromatic heterocycles. The molecule has 0 saturated carbocycles. The molecule has 1 aromatic rings. The maximum atomic E-state index is 13.2. The third kappa shape index (κ3) is 4.92. The third-order valence-corrected chi connectivity index (χ3v) is 9.06. The number of fused-ring (bicyclic) bond motifs is 1. The minimum Gasteiger partial charge on any atom is -0.381 e. The summed E-state index contributed by atoms with van der Waals surface area (Å²) in [7, 11) is -3.56. The predicted octanol–water partition coefficient (Wildman–Crippen LogP) is 1.45. The molecule has 1 aromatic carbocycles. The van der Waals surface area contributed by atoms with Gasteiger partial charge in [0.15, 0.2) is 9.84 Å². The van der Waals surface area contributed by atoms with Crippen molar-refractivity contribution in [1.82, 2.24) is 9.91 Å². The highest BCUT2D eigenvalue weighted by atomic mass is 127. The van der Waals surface area contributed by atoms with Crippen molar-refractivity contribution in [3.63, 3.8) is 0 Å². The number of hydrogen-bond acceptors (Lipinski definition) is 7. The lowest BCUT2D eigenvalue weighted by Crippen LogP contribution is -2.46. The summed E-state index contributed by atoms with van der Waals surface area (Å²) in [4.78, 5) is 15.3. The van der Waals surface area contributed by atoms with Gasteiger partial charge in [0.05, 0.1) is 29.6 Å². The van der Waals surface area contributed by atoms with E-state index in [9.17, 15) is 13.2 Å². The highest BCUT2D eigenvalue weighted by molar-refractivity contribution is 14.1. The van der Waals surface area contributed by atoms with Crippen LogP contribution in [0.2, 0.25) is 0 Å². The largest absolute Gasteiger partial charge is 0.381 e. The van der Waals surface area contributed by atoms with Crippen LogP contribution < -0.4 is 5.84 Å². The van der Waals surface area contributed by atoms with Crippen LogP contribution in [0.25, 0.3) is 5.70 Å². The third-order valence-electron chi connectivity index (χ3n) is 6.06. The quantitative estimate of drug-likeness (QED) is 0.251. The van der Waals surface area contributed by atoms with Crippen LogP contribution in [0.3, 0.4) is 0 Å². The van der Waals surface area contributed by atoms with Crippen molar-refractivity contribution in [3.05, 3.63) is 35.4 Å². The molecule has 0 aliphatic carbocycles. The molecule has 1 unspecified atom stereocenters. The number of alkyl halides is 1. The lowest BCUT2D eigenvalue weighted by atomic mass is 9.98. The fourth-order valence-corrected chi connectivity index (χ4v) is 7.24. The van der Waals surface area contributed by atoms with Crippen LogP contribution in [0.4, 0.5) is 0 Å². The van der Waals surface area contributed by atoms with Gasteiger partial charge in [0.2, 0.25) is 5.91 Å². The normalized spacial score (nSPS) is 22.7. The molecule has 1 amide bonds. The Kier molecular flexibility index (Phi) is 7.21. The smallest absolute Gasteiger partial charge is 0.239 e. The van der Waals surface area contributed by atoms with Crippen molar-refractivity contribution in [2.45, 2.75) is 21.7 Å². The Morgan fingerprint density at radius 3 is 2.52 bits per heavy atom. The molecule has 170 valence electrons. The van der Waals surface area contributed by atoms with E-state index in [2.05, 4.69) is 22.6 Å². The summed E-state index contributed by atoms with van der Waals surface area (Å²) in [5.41, 5.74) is 1.80.